The van der Waals surface area contributed by atoms with E-state index >= 15 is 0 Å². The first-order chi connectivity index (χ1) is 8.08. The van der Waals surface area contributed by atoms with E-state index in [4.69, 9.17) is 4.52 Å². The van der Waals surface area contributed by atoms with Crippen LogP contribution in [-0.4, -0.2) is 15.2 Å². The lowest BCUT2D eigenvalue weighted by molar-refractivity contribution is 0.411. The maximum atomic E-state index is 9.79. The standard InChI is InChI=1S/C13H14N2O2/c1-8-3-4-10(16)9(7-8)11-14-12(15-17-11)13(2)5-6-13/h3-4,7,16H,5-6H2,1-2H3. The number of aromatic nitrogens is 2. The number of hydrogen-bond donors (Lipinski definition) is 1. The van der Waals surface area contributed by atoms with Gasteiger partial charge in [-0.05, 0) is 31.9 Å². The Bertz CT molecular complexity index is 571. The van der Waals surface area contributed by atoms with Crippen molar-refractivity contribution in [3.05, 3.63) is 29.6 Å². The zero-order chi connectivity index (χ0) is 12.0. The van der Waals surface area contributed by atoms with E-state index in [0.717, 1.165) is 24.2 Å². The number of hydrogen-bond acceptors (Lipinski definition) is 4. The van der Waals surface area contributed by atoms with Gasteiger partial charge < -0.3 is 9.63 Å². The molecule has 3 rings (SSSR count). The van der Waals surface area contributed by atoms with Crippen molar-refractivity contribution in [2.75, 3.05) is 0 Å². The van der Waals surface area contributed by atoms with Crippen molar-refractivity contribution in [3.63, 3.8) is 0 Å². The number of nitrogens with zero attached hydrogens (tertiary/aromatic N) is 2. The van der Waals surface area contributed by atoms with Crippen molar-refractivity contribution in [3.8, 4) is 17.2 Å². The van der Waals surface area contributed by atoms with E-state index in [0.29, 0.717) is 11.5 Å². The van der Waals surface area contributed by atoms with Gasteiger partial charge in [0.2, 0.25) is 0 Å². The van der Waals surface area contributed by atoms with Gasteiger partial charge in [-0.2, -0.15) is 4.98 Å². The van der Waals surface area contributed by atoms with Crippen LogP contribution in [0.4, 0.5) is 0 Å². The Labute approximate surface area is 99.3 Å². The highest BCUT2D eigenvalue weighted by atomic mass is 16.5. The normalized spacial score (nSPS) is 17.1. The molecule has 17 heavy (non-hydrogen) atoms. The Morgan fingerprint density at radius 1 is 1.35 bits per heavy atom. The van der Waals surface area contributed by atoms with Gasteiger partial charge in [-0.25, -0.2) is 0 Å². The number of rotatable bonds is 2. The van der Waals surface area contributed by atoms with Gasteiger partial charge in [-0.3, -0.25) is 0 Å². The zero-order valence-corrected chi connectivity index (χ0v) is 9.90. The van der Waals surface area contributed by atoms with E-state index in [1.807, 2.05) is 19.1 Å². The van der Waals surface area contributed by atoms with E-state index in [1.165, 1.54) is 0 Å². The topological polar surface area (TPSA) is 59.2 Å². The summed E-state index contributed by atoms with van der Waals surface area (Å²) in [5.41, 5.74) is 1.74. The molecule has 1 aromatic carbocycles. The molecule has 0 aliphatic heterocycles. The van der Waals surface area contributed by atoms with Crippen molar-refractivity contribution >= 4 is 0 Å². The van der Waals surface area contributed by atoms with Crippen LogP contribution in [0.2, 0.25) is 0 Å². The van der Waals surface area contributed by atoms with Gasteiger partial charge in [-0.15, -0.1) is 0 Å². The molecular weight excluding hydrogens is 216 g/mol. The second-order valence-electron chi connectivity index (χ2n) is 5.00. The summed E-state index contributed by atoms with van der Waals surface area (Å²) in [6, 6.07) is 5.34. The first-order valence-corrected chi connectivity index (χ1v) is 5.73. The Morgan fingerprint density at radius 3 is 2.82 bits per heavy atom. The van der Waals surface area contributed by atoms with Crippen LogP contribution in [0.1, 0.15) is 31.2 Å². The minimum Gasteiger partial charge on any atom is -0.507 e. The molecule has 1 saturated carbocycles. The summed E-state index contributed by atoms with van der Waals surface area (Å²) in [5.74, 6) is 1.31. The lowest BCUT2D eigenvalue weighted by Crippen LogP contribution is -2.01. The number of aryl methyl sites for hydroxylation is 1. The molecule has 1 aromatic heterocycles. The molecular formula is C13H14N2O2. The summed E-state index contributed by atoms with van der Waals surface area (Å²) in [4.78, 5) is 4.38. The van der Waals surface area contributed by atoms with Crippen LogP contribution in [0.15, 0.2) is 22.7 Å². The van der Waals surface area contributed by atoms with Crippen molar-refractivity contribution in [1.82, 2.24) is 10.1 Å². The van der Waals surface area contributed by atoms with Gasteiger partial charge >= 0.3 is 0 Å². The lowest BCUT2D eigenvalue weighted by atomic mass is 10.1. The zero-order valence-electron chi connectivity index (χ0n) is 9.90. The summed E-state index contributed by atoms with van der Waals surface area (Å²) >= 11 is 0. The molecule has 4 heteroatoms. The van der Waals surface area contributed by atoms with E-state index in [9.17, 15) is 5.11 Å². The minimum atomic E-state index is 0.0845. The molecule has 0 saturated heterocycles. The van der Waals surface area contributed by atoms with Crippen LogP contribution in [-0.2, 0) is 5.41 Å². The van der Waals surface area contributed by atoms with Crippen molar-refractivity contribution in [1.29, 1.82) is 0 Å². The molecule has 1 aliphatic carbocycles. The highest BCUT2D eigenvalue weighted by molar-refractivity contribution is 5.63. The molecule has 1 aliphatic rings. The Kier molecular flexibility index (Phi) is 2.02. The van der Waals surface area contributed by atoms with E-state index in [1.54, 1.807) is 6.07 Å². The molecule has 1 heterocycles. The fourth-order valence-electron chi connectivity index (χ4n) is 1.81. The molecule has 0 unspecified atom stereocenters. The van der Waals surface area contributed by atoms with Gasteiger partial charge in [0, 0.05) is 5.41 Å². The second kappa shape index (κ2) is 3.32. The molecule has 1 N–H and O–H groups in total. The Hall–Kier alpha value is -1.84. The third-order valence-corrected chi connectivity index (χ3v) is 3.35. The quantitative estimate of drug-likeness (QED) is 0.861. The third-order valence-electron chi connectivity index (χ3n) is 3.35. The molecule has 88 valence electrons. The van der Waals surface area contributed by atoms with Crippen LogP contribution in [0.5, 0.6) is 5.75 Å². The summed E-state index contributed by atoms with van der Waals surface area (Å²) in [6.07, 6.45) is 2.21. The predicted molar refractivity (Wildman–Crippen MR) is 62.7 cm³/mol. The number of phenolic OH excluding ortho intramolecular Hbond substituents is 1. The average molecular weight is 230 g/mol. The molecule has 1 fully saturated rings. The van der Waals surface area contributed by atoms with Crippen molar-refractivity contribution in [2.45, 2.75) is 32.1 Å². The fraction of sp³-hybridized carbons (Fsp3) is 0.385. The van der Waals surface area contributed by atoms with Crippen LogP contribution in [0.3, 0.4) is 0 Å². The van der Waals surface area contributed by atoms with Crippen molar-refractivity contribution < 1.29 is 9.63 Å². The number of aromatic hydroxyl groups is 1. The third kappa shape index (κ3) is 1.69. The fourth-order valence-corrected chi connectivity index (χ4v) is 1.81. The molecule has 0 atom stereocenters. The number of benzene rings is 1. The predicted octanol–water partition coefficient (Wildman–Crippen LogP) is 2.80. The highest BCUT2D eigenvalue weighted by Crippen LogP contribution is 2.46. The summed E-state index contributed by atoms with van der Waals surface area (Å²) < 4.78 is 5.23. The van der Waals surface area contributed by atoms with Crippen LogP contribution in [0, 0.1) is 6.92 Å². The van der Waals surface area contributed by atoms with Crippen molar-refractivity contribution in [2.24, 2.45) is 0 Å². The first kappa shape index (κ1) is 10.3. The first-order valence-electron chi connectivity index (χ1n) is 5.73. The SMILES string of the molecule is Cc1ccc(O)c(-c2nc(C3(C)CC3)no2)c1. The van der Waals surface area contributed by atoms with Gasteiger partial charge in [0.15, 0.2) is 5.82 Å². The Morgan fingerprint density at radius 2 is 2.12 bits per heavy atom. The van der Waals surface area contributed by atoms with Crippen LogP contribution in [0.25, 0.3) is 11.5 Å². The molecule has 0 radical (unpaired) electrons. The number of phenols is 1. The minimum absolute atomic E-state index is 0.0845. The molecule has 2 aromatic rings. The average Bonchev–Trinajstić information content (AvgIpc) is 2.88. The molecule has 0 spiro atoms. The molecule has 0 amide bonds. The summed E-state index contributed by atoms with van der Waals surface area (Å²) in [7, 11) is 0. The van der Waals surface area contributed by atoms with Gasteiger partial charge in [-0.1, -0.05) is 23.7 Å². The second-order valence-corrected chi connectivity index (χ2v) is 5.00. The van der Waals surface area contributed by atoms with Gasteiger partial charge in [0.1, 0.15) is 5.75 Å². The smallest absolute Gasteiger partial charge is 0.261 e. The van der Waals surface area contributed by atoms with Gasteiger partial charge in [0.05, 0.1) is 5.56 Å². The van der Waals surface area contributed by atoms with E-state index in [2.05, 4.69) is 17.1 Å². The highest BCUT2D eigenvalue weighted by Gasteiger charge is 2.43. The maximum absolute atomic E-state index is 9.79. The van der Waals surface area contributed by atoms with Gasteiger partial charge in [0.25, 0.3) is 5.89 Å². The molecule has 4 nitrogen and oxygen atoms in total. The lowest BCUT2D eigenvalue weighted by Gasteiger charge is -2.00. The summed E-state index contributed by atoms with van der Waals surface area (Å²) in [6.45, 7) is 4.08. The molecule has 0 bridgehead atoms. The Balaban J connectivity index is 2.03. The monoisotopic (exact) mass is 230 g/mol. The van der Waals surface area contributed by atoms with Crippen LogP contribution < -0.4 is 0 Å². The van der Waals surface area contributed by atoms with E-state index < -0.39 is 0 Å². The van der Waals surface area contributed by atoms with Crippen LogP contribution >= 0.6 is 0 Å². The summed E-state index contributed by atoms with van der Waals surface area (Å²) in [5, 5.41) is 13.8. The largest absolute Gasteiger partial charge is 0.507 e. The maximum Gasteiger partial charge on any atom is 0.261 e. The van der Waals surface area contributed by atoms with E-state index in [-0.39, 0.29) is 11.2 Å².